The van der Waals surface area contributed by atoms with E-state index in [0.29, 0.717) is 31.0 Å². The summed E-state index contributed by atoms with van der Waals surface area (Å²) in [4.78, 5) is 42.1. The fraction of sp³-hybridized carbons (Fsp3) is 0.690. The fourth-order valence-corrected chi connectivity index (χ4v) is 8.05. The van der Waals surface area contributed by atoms with Gasteiger partial charge in [-0.1, -0.05) is 38.5 Å². The quantitative estimate of drug-likeness (QED) is 0.636. The van der Waals surface area contributed by atoms with E-state index in [1.807, 2.05) is 18.2 Å². The standard InChI is InChI=1S/C29H37N3O4/c33-26-20-13-29(14-20,28(35)30-26)32-17-19-12-22(10-11-23(19)27(32)34)36-25-9-5-4-8-24(25)31-15-21(16-31)18-6-2-1-3-7-18/h10-12,18,20-21,24-25H,1-9,13-17H2,(H,30,33,35). The van der Waals surface area contributed by atoms with Gasteiger partial charge in [0.05, 0.1) is 0 Å². The smallest absolute Gasteiger partial charge is 0.255 e. The summed E-state index contributed by atoms with van der Waals surface area (Å²) < 4.78 is 6.62. The van der Waals surface area contributed by atoms with Crippen LogP contribution in [0.1, 0.15) is 86.6 Å². The number of likely N-dealkylation sites (tertiary alicyclic amines) is 1. The van der Waals surface area contributed by atoms with Gasteiger partial charge in [0.25, 0.3) is 11.8 Å². The monoisotopic (exact) mass is 491 g/mol. The van der Waals surface area contributed by atoms with E-state index in [9.17, 15) is 14.4 Å². The first kappa shape index (κ1) is 22.8. The van der Waals surface area contributed by atoms with Crippen LogP contribution in [0.15, 0.2) is 18.2 Å². The van der Waals surface area contributed by atoms with Crippen molar-refractivity contribution in [3.8, 4) is 5.75 Å². The maximum Gasteiger partial charge on any atom is 0.255 e. The number of nitrogens with zero attached hydrogens (tertiary/aromatic N) is 2. The maximum atomic E-state index is 13.2. The molecule has 0 spiro atoms. The van der Waals surface area contributed by atoms with E-state index in [1.165, 1.54) is 64.5 Å². The van der Waals surface area contributed by atoms with Gasteiger partial charge >= 0.3 is 0 Å². The molecule has 3 aliphatic carbocycles. The number of imide groups is 1. The van der Waals surface area contributed by atoms with Crippen LogP contribution in [-0.2, 0) is 16.1 Å². The molecule has 3 amide bonds. The zero-order valence-electron chi connectivity index (χ0n) is 21.0. The van der Waals surface area contributed by atoms with Crippen LogP contribution in [0.25, 0.3) is 0 Å². The lowest BCUT2D eigenvalue weighted by molar-refractivity contribution is -0.160. The SMILES string of the molecule is O=C1NC(=O)C2(N3Cc4cc(OC5CCCCC5N5CC(C6CCCCC6)C5)ccc4C3=O)CC1C2. The molecule has 192 valence electrons. The number of ether oxygens (including phenoxy) is 1. The average Bonchev–Trinajstić information content (AvgIpc) is 3.15. The molecule has 2 unspecified atom stereocenters. The van der Waals surface area contributed by atoms with Gasteiger partial charge in [-0.15, -0.1) is 0 Å². The van der Waals surface area contributed by atoms with Gasteiger partial charge in [0, 0.05) is 37.2 Å². The van der Waals surface area contributed by atoms with Gasteiger partial charge in [0.15, 0.2) is 0 Å². The first-order valence-electron chi connectivity index (χ1n) is 14.2. The zero-order chi connectivity index (χ0) is 24.4. The van der Waals surface area contributed by atoms with Crippen LogP contribution < -0.4 is 10.1 Å². The summed E-state index contributed by atoms with van der Waals surface area (Å²) in [6.07, 6.45) is 13.0. The van der Waals surface area contributed by atoms with Crippen molar-refractivity contribution in [2.75, 3.05) is 13.1 Å². The molecule has 6 fully saturated rings. The number of hydrogen-bond donors (Lipinski definition) is 1. The van der Waals surface area contributed by atoms with Crippen molar-refractivity contribution in [2.45, 2.75) is 94.9 Å². The Morgan fingerprint density at radius 2 is 1.64 bits per heavy atom. The van der Waals surface area contributed by atoms with E-state index in [2.05, 4.69) is 10.2 Å². The van der Waals surface area contributed by atoms with Gasteiger partial charge in [0.2, 0.25) is 5.91 Å². The van der Waals surface area contributed by atoms with Crippen molar-refractivity contribution < 1.29 is 19.1 Å². The maximum absolute atomic E-state index is 13.2. The van der Waals surface area contributed by atoms with Gasteiger partial charge in [-0.2, -0.15) is 0 Å². The molecule has 7 aliphatic rings. The molecule has 7 heteroatoms. The van der Waals surface area contributed by atoms with Crippen LogP contribution >= 0.6 is 0 Å². The van der Waals surface area contributed by atoms with E-state index in [0.717, 1.165) is 29.6 Å². The molecular formula is C29H37N3O4. The van der Waals surface area contributed by atoms with Crippen molar-refractivity contribution in [3.63, 3.8) is 0 Å². The highest BCUT2D eigenvalue weighted by atomic mass is 16.5. The van der Waals surface area contributed by atoms with Crippen molar-refractivity contribution in [1.29, 1.82) is 0 Å². The number of carbonyl (C=O) groups is 3. The minimum absolute atomic E-state index is 0.107. The summed E-state index contributed by atoms with van der Waals surface area (Å²) >= 11 is 0. The predicted octanol–water partition coefficient (Wildman–Crippen LogP) is 3.65. The average molecular weight is 492 g/mol. The number of fused-ring (bicyclic) bond motifs is 3. The Kier molecular flexibility index (Phi) is 5.42. The van der Waals surface area contributed by atoms with E-state index in [4.69, 9.17) is 4.74 Å². The van der Waals surface area contributed by atoms with Gasteiger partial charge in [0.1, 0.15) is 17.4 Å². The minimum Gasteiger partial charge on any atom is -0.489 e. The molecule has 7 nitrogen and oxygen atoms in total. The fourth-order valence-electron chi connectivity index (χ4n) is 8.05. The number of nitrogens with one attached hydrogen (secondary N) is 1. The van der Waals surface area contributed by atoms with Crippen molar-refractivity contribution in [2.24, 2.45) is 17.8 Å². The second kappa shape index (κ2) is 8.57. The molecule has 3 saturated heterocycles. The van der Waals surface area contributed by atoms with E-state index in [-0.39, 0.29) is 29.7 Å². The lowest BCUT2D eigenvalue weighted by atomic mass is 9.63. The third kappa shape index (κ3) is 3.52. The molecule has 1 aromatic rings. The van der Waals surface area contributed by atoms with Crippen LogP contribution in [0, 0.1) is 17.8 Å². The third-order valence-corrected chi connectivity index (χ3v) is 10.3. The normalized spacial score (nSPS) is 35.2. The second-order valence-corrected chi connectivity index (χ2v) is 12.3. The molecule has 4 heterocycles. The van der Waals surface area contributed by atoms with Gasteiger partial charge < -0.3 is 9.64 Å². The molecule has 1 aromatic carbocycles. The van der Waals surface area contributed by atoms with Crippen LogP contribution in [0.5, 0.6) is 5.75 Å². The Bertz CT molecular complexity index is 1080. The van der Waals surface area contributed by atoms with E-state index < -0.39 is 5.54 Å². The van der Waals surface area contributed by atoms with Crippen molar-refractivity contribution in [1.82, 2.24) is 15.1 Å². The second-order valence-electron chi connectivity index (χ2n) is 12.3. The molecular weight excluding hydrogens is 454 g/mol. The molecule has 1 N–H and O–H groups in total. The Morgan fingerprint density at radius 3 is 2.42 bits per heavy atom. The summed E-state index contributed by atoms with van der Waals surface area (Å²) in [7, 11) is 0. The highest BCUT2D eigenvalue weighted by Gasteiger charge is 2.63. The molecule has 8 rings (SSSR count). The Balaban J connectivity index is 1.02. The Hall–Kier alpha value is -2.41. The predicted molar refractivity (Wildman–Crippen MR) is 133 cm³/mol. The Labute approximate surface area is 212 Å². The van der Waals surface area contributed by atoms with Gasteiger partial charge in [-0.25, -0.2) is 0 Å². The number of carbonyl (C=O) groups excluding carboxylic acids is 3. The molecule has 3 saturated carbocycles. The highest BCUT2D eigenvalue weighted by molar-refractivity contribution is 6.10. The van der Waals surface area contributed by atoms with E-state index >= 15 is 0 Å². The van der Waals surface area contributed by atoms with Gasteiger partial charge in [-0.3, -0.25) is 24.6 Å². The third-order valence-electron chi connectivity index (χ3n) is 10.3. The summed E-state index contributed by atoms with van der Waals surface area (Å²) in [6, 6.07) is 6.29. The Morgan fingerprint density at radius 1 is 0.889 bits per heavy atom. The summed E-state index contributed by atoms with van der Waals surface area (Å²) in [5.74, 6) is 1.86. The molecule has 4 aliphatic heterocycles. The largest absolute Gasteiger partial charge is 0.489 e. The van der Waals surface area contributed by atoms with Gasteiger partial charge in [-0.05, 0) is 67.7 Å². The first-order chi connectivity index (χ1) is 17.5. The molecule has 0 radical (unpaired) electrons. The topological polar surface area (TPSA) is 79.0 Å². The lowest BCUT2D eigenvalue weighted by Crippen LogP contribution is -2.73. The van der Waals surface area contributed by atoms with Crippen LogP contribution in [0.4, 0.5) is 0 Å². The molecule has 2 atom stereocenters. The van der Waals surface area contributed by atoms with Crippen LogP contribution in [-0.4, -0.2) is 58.3 Å². The molecule has 0 aromatic heterocycles. The lowest BCUT2D eigenvalue weighted by Gasteiger charge is -2.53. The van der Waals surface area contributed by atoms with E-state index in [1.54, 1.807) is 4.90 Å². The summed E-state index contributed by atoms with van der Waals surface area (Å²) in [6.45, 7) is 2.87. The zero-order valence-corrected chi connectivity index (χ0v) is 21.0. The van der Waals surface area contributed by atoms with Crippen molar-refractivity contribution in [3.05, 3.63) is 29.3 Å². The number of amides is 3. The number of hydrogen-bond acceptors (Lipinski definition) is 5. The summed E-state index contributed by atoms with van der Waals surface area (Å²) in [5.41, 5.74) is 0.716. The molecule has 36 heavy (non-hydrogen) atoms. The number of piperidine rings is 2. The number of benzene rings is 1. The number of rotatable bonds is 5. The summed E-state index contributed by atoms with van der Waals surface area (Å²) in [5, 5.41) is 2.46. The minimum atomic E-state index is -0.865. The van der Waals surface area contributed by atoms with Crippen molar-refractivity contribution >= 4 is 17.7 Å². The highest BCUT2D eigenvalue weighted by Crippen LogP contribution is 2.49. The van der Waals surface area contributed by atoms with Crippen LogP contribution in [0.3, 0.4) is 0 Å². The first-order valence-corrected chi connectivity index (χ1v) is 14.2. The molecule has 2 bridgehead atoms. The van der Waals surface area contributed by atoms with Crippen LogP contribution in [0.2, 0.25) is 0 Å².